The Kier molecular flexibility index (Phi) is 17.2. The lowest BCUT2D eigenvalue weighted by Gasteiger charge is -2.32. The highest BCUT2D eigenvalue weighted by Crippen LogP contribution is 2.52. The van der Waals surface area contributed by atoms with E-state index in [2.05, 4.69) is 16.1 Å². The van der Waals surface area contributed by atoms with Crippen LogP contribution in [0.2, 0.25) is 0 Å². The van der Waals surface area contributed by atoms with Crippen molar-refractivity contribution in [1.82, 2.24) is 0 Å². The normalized spacial score (nSPS) is 19.0. The molecule has 0 spiro atoms. The van der Waals surface area contributed by atoms with E-state index in [1.54, 1.807) is 0 Å². The summed E-state index contributed by atoms with van der Waals surface area (Å²) in [7, 11) is 0. The second kappa shape index (κ2) is 16.5. The predicted molar refractivity (Wildman–Crippen MR) is 114 cm³/mol. The van der Waals surface area contributed by atoms with Gasteiger partial charge >= 0.3 is 42.8 Å². The molecule has 0 bridgehead atoms. The third kappa shape index (κ3) is 14.1. The maximum atomic E-state index is 12.1. The molecule has 0 amide bonds. The molecule has 25 heteroatoms. The molecular weight excluding hydrogens is 706 g/mol. The van der Waals surface area contributed by atoms with Crippen LogP contribution in [0.25, 0.3) is 0 Å². The van der Waals surface area contributed by atoms with Gasteiger partial charge in [0.2, 0.25) is 5.78 Å². The molecule has 1 fully saturated rings. The quantitative estimate of drug-likeness (QED) is 0.113. The van der Waals surface area contributed by atoms with E-state index in [1.165, 1.54) is 6.08 Å². The van der Waals surface area contributed by atoms with Crippen LogP contribution < -0.4 is 0 Å². The highest BCUT2D eigenvalue weighted by atomic mass is 19.4. The number of aliphatic hydroxyl groups excluding tert-OH is 2. The number of carbonyl (C=O) groups is 1. The van der Waals surface area contributed by atoms with E-state index in [0.29, 0.717) is 6.92 Å². The lowest BCUT2D eigenvalue weighted by atomic mass is 9.99. The van der Waals surface area contributed by atoms with Gasteiger partial charge in [-0.1, -0.05) is 6.08 Å². The fourth-order valence-corrected chi connectivity index (χ4v) is 2.09. The molecule has 0 saturated carbocycles. The Bertz CT molecular complexity index is 929. The molecule has 0 radical (unpaired) electrons. The summed E-state index contributed by atoms with van der Waals surface area (Å²) in [6.45, 7) is 4.05. The van der Waals surface area contributed by atoms with Gasteiger partial charge in [0.1, 0.15) is 0 Å². The molecule has 2 unspecified atom stereocenters. The maximum Gasteiger partial charge on any atom is 0.465 e. The molecule has 0 aromatic carbocycles. The Hall–Kier alpha value is -2.51. The average Bonchev–Trinajstić information content (AvgIpc) is 3.23. The first-order valence-corrected chi connectivity index (χ1v) is 11.2. The largest absolute Gasteiger partial charge is 0.465 e. The van der Waals surface area contributed by atoms with Crippen molar-refractivity contribution < 1.29 is 114 Å². The minimum atomic E-state index is -6.28. The molecule has 0 aromatic rings. The predicted octanol–water partition coefficient (Wildman–Crippen LogP) is 6.31. The van der Waals surface area contributed by atoms with E-state index in [-0.39, 0.29) is 19.6 Å². The molecule has 4 N–H and O–H groups in total. The fourth-order valence-electron chi connectivity index (χ4n) is 2.09. The van der Waals surface area contributed by atoms with Gasteiger partial charge in [-0.3, -0.25) is 4.79 Å². The summed E-state index contributed by atoms with van der Waals surface area (Å²) in [6.07, 6.45) is -37.8. The molecule has 1 saturated heterocycles. The van der Waals surface area contributed by atoms with Crippen molar-refractivity contribution in [3.05, 3.63) is 25.0 Å². The van der Waals surface area contributed by atoms with Crippen LogP contribution in [0.15, 0.2) is 25.0 Å². The molecule has 1 rings (SSSR count). The van der Waals surface area contributed by atoms with Crippen molar-refractivity contribution in [2.45, 2.75) is 93.4 Å². The standard InChI is InChI=1S/C9H9F9O3.C6H6F6O2.C3H3F3O.C3H6O/c1-5(19,7(10,11)12)3-2-4-21-6(20,8(13,14)15)9(16,17)18;7-5(8,9)4(6(10,11)12)2-1-3(13)14-4;1-2(7)3(4,5)6;1-2-3-4/h2,4,19-20H,3H2,1H3;3,13H,1-2H2;1H3;2,4H,1,3H2/b4-2+;;;. The summed E-state index contributed by atoms with van der Waals surface area (Å²) in [5.41, 5.74) is -7.60. The minimum absolute atomic E-state index is 0.0654. The van der Waals surface area contributed by atoms with Crippen molar-refractivity contribution in [3.63, 3.8) is 0 Å². The van der Waals surface area contributed by atoms with E-state index in [9.17, 15) is 83.8 Å². The first-order valence-electron chi connectivity index (χ1n) is 11.2. The van der Waals surface area contributed by atoms with Crippen molar-refractivity contribution in [2.24, 2.45) is 0 Å². The number of ether oxygens (including phenoxy) is 2. The minimum Gasteiger partial charge on any atom is -0.455 e. The average molecular weight is 730 g/mol. The van der Waals surface area contributed by atoms with Gasteiger partial charge in [-0.25, -0.2) is 0 Å². The Balaban J connectivity index is -0.000000629. The van der Waals surface area contributed by atoms with Crippen LogP contribution in [0.3, 0.4) is 0 Å². The number of Topliss-reactive ketones (excluding diaryl/α,β-unsaturated/α-hetero) is 1. The summed E-state index contributed by atoms with van der Waals surface area (Å²) in [5, 5.41) is 33.7. The van der Waals surface area contributed by atoms with E-state index in [1.807, 2.05) is 0 Å². The second-order valence-corrected chi connectivity index (χ2v) is 8.56. The summed E-state index contributed by atoms with van der Waals surface area (Å²) in [4.78, 5) is 9.34. The Morgan fingerprint density at radius 3 is 1.37 bits per heavy atom. The third-order valence-electron chi connectivity index (χ3n) is 4.75. The smallest absolute Gasteiger partial charge is 0.455 e. The van der Waals surface area contributed by atoms with Gasteiger partial charge in [0.05, 0.1) is 12.9 Å². The lowest BCUT2D eigenvalue weighted by molar-refractivity contribution is -0.445. The van der Waals surface area contributed by atoms with Gasteiger partial charge < -0.3 is 29.9 Å². The summed E-state index contributed by atoms with van der Waals surface area (Å²) < 4.78 is 221. The number of ketones is 1. The van der Waals surface area contributed by atoms with Gasteiger partial charge in [-0.05, 0) is 19.4 Å². The highest BCUT2D eigenvalue weighted by molar-refractivity contribution is 5.81. The summed E-state index contributed by atoms with van der Waals surface area (Å²) in [5.74, 6) is -7.33. The van der Waals surface area contributed by atoms with Gasteiger partial charge in [-0.2, -0.15) is 79.0 Å². The summed E-state index contributed by atoms with van der Waals surface area (Å²) >= 11 is 0. The number of hydrogen-bond donors (Lipinski definition) is 4. The zero-order valence-corrected chi connectivity index (χ0v) is 22.7. The van der Waals surface area contributed by atoms with Crippen LogP contribution >= 0.6 is 0 Å². The van der Waals surface area contributed by atoms with E-state index < -0.39 is 91.6 Å². The Labute approximate surface area is 245 Å². The molecular formula is C21H24F18O7. The van der Waals surface area contributed by atoms with Gasteiger partial charge in [0, 0.05) is 19.8 Å². The first-order chi connectivity index (χ1) is 19.9. The Morgan fingerprint density at radius 1 is 0.848 bits per heavy atom. The fraction of sp³-hybridized carbons (Fsp3) is 0.762. The number of halogens is 18. The zero-order chi connectivity index (χ0) is 38.0. The van der Waals surface area contributed by atoms with Gasteiger partial charge in [0.25, 0.3) is 5.60 Å². The molecule has 1 aliphatic heterocycles. The van der Waals surface area contributed by atoms with E-state index in [4.69, 9.17) is 20.4 Å². The van der Waals surface area contributed by atoms with Crippen LogP contribution in [-0.2, 0) is 14.3 Å². The Morgan fingerprint density at radius 2 is 1.20 bits per heavy atom. The lowest BCUT2D eigenvalue weighted by Crippen LogP contribution is -2.58. The second-order valence-electron chi connectivity index (χ2n) is 8.56. The third-order valence-corrected chi connectivity index (χ3v) is 4.75. The number of carbonyl (C=O) groups excluding carboxylic acids is 1. The number of aliphatic hydroxyl groups is 4. The number of alkyl halides is 18. The molecule has 46 heavy (non-hydrogen) atoms. The van der Waals surface area contributed by atoms with Crippen LogP contribution in [0, 0.1) is 0 Å². The van der Waals surface area contributed by atoms with Crippen molar-refractivity contribution in [1.29, 1.82) is 0 Å². The van der Waals surface area contributed by atoms with E-state index >= 15 is 0 Å². The molecule has 7 nitrogen and oxygen atoms in total. The maximum absolute atomic E-state index is 12.1. The molecule has 0 aliphatic carbocycles. The molecule has 2 atom stereocenters. The molecule has 0 aromatic heterocycles. The topological polar surface area (TPSA) is 116 Å². The van der Waals surface area contributed by atoms with E-state index in [0.717, 1.165) is 0 Å². The van der Waals surface area contributed by atoms with Gasteiger partial charge in [0.15, 0.2) is 11.9 Å². The molecule has 276 valence electrons. The SMILES string of the molecule is C=CCO.CC(=O)C(F)(F)F.CC(O)(C/C=C/OC(O)(C(F)(F)F)C(F)(F)F)C(F)(F)F.OC1CCC(C(F)(F)F)(C(F)(F)F)O1. The highest BCUT2D eigenvalue weighted by Gasteiger charge is 2.75. The van der Waals surface area contributed by atoms with Crippen LogP contribution in [-0.4, -0.2) is 93.2 Å². The van der Waals surface area contributed by atoms with Crippen molar-refractivity contribution in [3.8, 4) is 0 Å². The van der Waals surface area contributed by atoms with Crippen molar-refractivity contribution >= 4 is 5.78 Å². The van der Waals surface area contributed by atoms with Crippen LogP contribution in [0.4, 0.5) is 79.0 Å². The number of hydrogen-bond acceptors (Lipinski definition) is 7. The van der Waals surface area contributed by atoms with Crippen LogP contribution in [0.1, 0.15) is 33.1 Å². The summed E-state index contributed by atoms with van der Waals surface area (Å²) in [6, 6.07) is 0. The zero-order valence-electron chi connectivity index (χ0n) is 22.7. The monoisotopic (exact) mass is 730 g/mol. The first kappa shape index (κ1) is 47.9. The van der Waals surface area contributed by atoms with Crippen molar-refractivity contribution in [2.75, 3.05) is 6.61 Å². The number of rotatable bonds is 5. The molecule has 1 heterocycles. The molecule has 1 aliphatic rings. The van der Waals surface area contributed by atoms with Crippen LogP contribution in [0.5, 0.6) is 0 Å². The van der Waals surface area contributed by atoms with Gasteiger partial charge in [-0.15, -0.1) is 6.58 Å².